The number of aromatic hydroxyl groups is 1. The van der Waals surface area contributed by atoms with Crippen molar-refractivity contribution < 1.29 is 19.9 Å². The molecule has 2 aromatic carbocycles. The van der Waals surface area contributed by atoms with Crippen molar-refractivity contribution in [3.8, 4) is 5.75 Å². The molecular weight excluding hydrogens is 290 g/mol. The molecule has 0 fully saturated rings. The first-order valence-electron chi connectivity index (χ1n) is 6.12. The van der Waals surface area contributed by atoms with E-state index in [0.29, 0.717) is 5.56 Å². The van der Waals surface area contributed by atoms with Gasteiger partial charge in [0, 0.05) is 6.07 Å². The van der Waals surface area contributed by atoms with Gasteiger partial charge in [-0.25, -0.2) is 4.79 Å². The predicted molar refractivity (Wildman–Crippen MR) is 77.1 cm³/mol. The predicted octanol–water partition coefficient (Wildman–Crippen LogP) is 3.72. The monoisotopic (exact) mass is 301 g/mol. The summed E-state index contributed by atoms with van der Waals surface area (Å²) in [5, 5.41) is 37.1. The van der Waals surface area contributed by atoms with Crippen LogP contribution < -0.4 is 0 Å². The molecule has 8 heteroatoms. The third kappa shape index (κ3) is 3.06. The highest BCUT2D eigenvalue weighted by molar-refractivity contribution is 5.91. The van der Waals surface area contributed by atoms with E-state index in [1.165, 1.54) is 25.1 Å². The summed E-state index contributed by atoms with van der Waals surface area (Å²) in [6.45, 7) is 1.51. The zero-order valence-electron chi connectivity index (χ0n) is 11.4. The molecule has 0 aromatic heterocycles. The first-order valence-corrected chi connectivity index (χ1v) is 6.12. The number of hydrogen-bond acceptors (Lipinski definition) is 6. The standard InChI is InChI=1S/C14H11N3O5/c1-8-6-11(12(17(21)22)7-9(8)14(19)20)16-15-10-4-2-3-5-13(10)18/h2-7,18H,1H3,(H,19,20). The molecule has 0 heterocycles. The molecule has 0 aliphatic carbocycles. The van der Waals surface area contributed by atoms with E-state index in [0.717, 1.165) is 6.07 Å². The van der Waals surface area contributed by atoms with Gasteiger partial charge in [-0.2, -0.15) is 0 Å². The van der Waals surface area contributed by atoms with E-state index < -0.39 is 16.6 Å². The van der Waals surface area contributed by atoms with Gasteiger partial charge in [0.1, 0.15) is 11.4 Å². The Balaban J connectivity index is 2.51. The van der Waals surface area contributed by atoms with Crippen LogP contribution in [0.15, 0.2) is 46.6 Å². The number of phenols is 1. The van der Waals surface area contributed by atoms with E-state index in [4.69, 9.17) is 5.11 Å². The second-order valence-electron chi connectivity index (χ2n) is 4.41. The SMILES string of the molecule is Cc1cc(N=Nc2ccccc2O)c([N+](=O)[O-])cc1C(=O)O. The molecule has 2 aromatic rings. The van der Waals surface area contributed by atoms with Crippen molar-refractivity contribution in [3.05, 3.63) is 57.6 Å². The molecule has 112 valence electrons. The highest BCUT2D eigenvalue weighted by atomic mass is 16.6. The molecule has 0 amide bonds. The molecule has 0 saturated heterocycles. The Morgan fingerprint density at radius 2 is 1.82 bits per heavy atom. The smallest absolute Gasteiger partial charge is 0.336 e. The van der Waals surface area contributed by atoms with Crippen LogP contribution >= 0.6 is 0 Å². The number of carboxylic acids is 1. The van der Waals surface area contributed by atoms with Gasteiger partial charge in [-0.1, -0.05) is 12.1 Å². The van der Waals surface area contributed by atoms with Crippen LogP contribution in [0.4, 0.5) is 17.1 Å². The topological polar surface area (TPSA) is 125 Å². The molecule has 8 nitrogen and oxygen atoms in total. The maximum atomic E-state index is 11.0. The van der Waals surface area contributed by atoms with Crippen LogP contribution in [0.2, 0.25) is 0 Å². The van der Waals surface area contributed by atoms with Gasteiger partial charge in [-0.15, -0.1) is 10.2 Å². The molecular formula is C14H11N3O5. The highest BCUT2D eigenvalue weighted by Gasteiger charge is 2.20. The van der Waals surface area contributed by atoms with Gasteiger partial charge in [-0.05, 0) is 30.7 Å². The summed E-state index contributed by atoms with van der Waals surface area (Å²) < 4.78 is 0. The fourth-order valence-electron chi connectivity index (χ4n) is 1.79. The van der Waals surface area contributed by atoms with Crippen LogP contribution in [0.5, 0.6) is 5.75 Å². The number of aromatic carboxylic acids is 1. The Morgan fingerprint density at radius 1 is 1.18 bits per heavy atom. The van der Waals surface area contributed by atoms with Gasteiger partial charge in [-0.3, -0.25) is 10.1 Å². The van der Waals surface area contributed by atoms with E-state index in [-0.39, 0.29) is 22.7 Å². The van der Waals surface area contributed by atoms with Crippen molar-refractivity contribution in [3.63, 3.8) is 0 Å². The van der Waals surface area contributed by atoms with Gasteiger partial charge in [0.25, 0.3) is 5.69 Å². The lowest BCUT2D eigenvalue weighted by molar-refractivity contribution is -0.384. The molecule has 2 rings (SSSR count). The molecule has 0 saturated carbocycles. The quantitative estimate of drug-likeness (QED) is 0.505. The molecule has 2 N–H and O–H groups in total. The first kappa shape index (κ1) is 15.1. The summed E-state index contributed by atoms with van der Waals surface area (Å²) in [7, 11) is 0. The fraction of sp³-hybridized carbons (Fsp3) is 0.0714. The van der Waals surface area contributed by atoms with Crippen LogP contribution in [0.1, 0.15) is 15.9 Å². The van der Waals surface area contributed by atoms with Gasteiger partial charge < -0.3 is 10.2 Å². The van der Waals surface area contributed by atoms with Crippen LogP contribution in [-0.2, 0) is 0 Å². The number of aryl methyl sites for hydroxylation is 1. The minimum atomic E-state index is -1.26. The number of para-hydroxylation sites is 1. The zero-order chi connectivity index (χ0) is 16.3. The third-order valence-corrected chi connectivity index (χ3v) is 2.90. The molecule has 0 aliphatic heterocycles. The summed E-state index contributed by atoms with van der Waals surface area (Å²) in [5.74, 6) is -1.38. The average molecular weight is 301 g/mol. The van der Waals surface area contributed by atoms with Crippen molar-refractivity contribution in [2.24, 2.45) is 10.2 Å². The lowest BCUT2D eigenvalue weighted by Gasteiger charge is -2.03. The summed E-state index contributed by atoms with van der Waals surface area (Å²) in [5.41, 5.74) is -0.257. The van der Waals surface area contributed by atoms with Gasteiger partial charge >= 0.3 is 5.97 Å². The zero-order valence-corrected chi connectivity index (χ0v) is 11.4. The summed E-state index contributed by atoms with van der Waals surface area (Å²) >= 11 is 0. The number of nitro benzene ring substituents is 1. The Kier molecular flexibility index (Phi) is 4.12. The second-order valence-corrected chi connectivity index (χ2v) is 4.41. The summed E-state index contributed by atoms with van der Waals surface area (Å²) in [4.78, 5) is 21.3. The number of carbonyl (C=O) groups is 1. The van der Waals surface area contributed by atoms with E-state index >= 15 is 0 Å². The minimum absolute atomic E-state index is 0.0873. The van der Waals surface area contributed by atoms with E-state index in [9.17, 15) is 20.0 Å². The van der Waals surface area contributed by atoms with Crippen molar-refractivity contribution in [2.75, 3.05) is 0 Å². The van der Waals surface area contributed by atoms with Gasteiger partial charge in [0.2, 0.25) is 0 Å². The molecule has 0 atom stereocenters. The summed E-state index contributed by atoms with van der Waals surface area (Å²) in [6, 6.07) is 8.33. The normalized spacial score (nSPS) is 10.8. The Labute approximate surface area is 124 Å². The van der Waals surface area contributed by atoms with Gasteiger partial charge in [0.15, 0.2) is 5.69 Å². The molecule has 22 heavy (non-hydrogen) atoms. The van der Waals surface area contributed by atoms with Crippen molar-refractivity contribution >= 4 is 23.0 Å². The van der Waals surface area contributed by atoms with Gasteiger partial charge in [0.05, 0.1) is 10.5 Å². The first-order chi connectivity index (χ1) is 10.4. The second kappa shape index (κ2) is 6.00. The number of nitro groups is 1. The number of nitrogens with zero attached hydrogens (tertiary/aromatic N) is 3. The number of phenolic OH excluding ortho intramolecular Hbond substituents is 1. The lowest BCUT2D eigenvalue weighted by Crippen LogP contribution is -2.01. The van der Waals surface area contributed by atoms with Crippen LogP contribution in [0.3, 0.4) is 0 Å². The van der Waals surface area contributed by atoms with E-state index in [1.807, 2.05) is 0 Å². The van der Waals surface area contributed by atoms with Crippen LogP contribution in [0.25, 0.3) is 0 Å². The largest absolute Gasteiger partial charge is 0.506 e. The van der Waals surface area contributed by atoms with E-state index in [1.54, 1.807) is 12.1 Å². The highest BCUT2D eigenvalue weighted by Crippen LogP contribution is 2.33. The average Bonchev–Trinajstić information content (AvgIpc) is 2.45. The molecule has 0 spiro atoms. The molecule has 0 radical (unpaired) electrons. The Morgan fingerprint density at radius 3 is 2.41 bits per heavy atom. The number of hydrogen-bond donors (Lipinski definition) is 2. The number of benzene rings is 2. The minimum Gasteiger partial charge on any atom is -0.506 e. The number of rotatable bonds is 4. The maximum absolute atomic E-state index is 11.0. The summed E-state index contributed by atoms with van der Waals surface area (Å²) in [6.07, 6.45) is 0. The van der Waals surface area contributed by atoms with E-state index in [2.05, 4.69) is 10.2 Å². The van der Waals surface area contributed by atoms with Crippen LogP contribution in [-0.4, -0.2) is 21.1 Å². The number of azo groups is 1. The Bertz CT molecular complexity index is 786. The molecule has 0 bridgehead atoms. The molecule has 0 aliphatic rings. The lowest BCUT2D eigenvalue weighted by atomic mass is 10.1. The van der Waals surface area contributed by atoms with Crippen molar-refractivity contribution in [1.29, 1.82) is 0 Å². The van der Waals surface area contributed by atoms with Crippen molar-refractivity contribution in [2.45, 2.75) is 6.92 Å². The fourth-order valence-corrected chi connectivity index (χ4v) is 1.79. The van der Waals surface area contributed by atoms with Crippen LogP contribution in [0, 0.1) is 17.0 Å². The van der Waals surface area contributed by atoms with Crippen molar-refractivity contribution in [1.82, 2.24) is 0 Å². The number of carboxylic acid groups (broad SMARTS) is 1. The third-order valence-electron chi connectivity index (χ3n) is 2.90. The Hall–Kier alpha value is -3.29. The molecule has 0 unspecified atom stereocenters. The maximum Gasteiger partial charge on any atom is 0.336 e.